The molecule has 31 heavy (non-hydrogen) atoms. The van der Waals surface area contributed by atoms with Crippen LogP contribution in [-0.4, -0.2) is 51.5 Å². The molecule has 4 rings (SSSR count). The molecule has 0 bridgehead atoms. The Morgan fingerprint density at radius 3 is 2.52 bits per heavy atom. The van der Waals surface area contributed by atoms with Gasteiger partial charge in [-0.3, -0.25) is 4.79 Å². The number of nitrogens with zero attached hydrogens (tertiary/aromatic N) is 3. The van der Waals surface area contributed by atoms with Crippen LogP contribution >= 0.6 is 23.4 Å². The minimum atomic E-state index is -4.81. The summed E-state index contributed by atoms with van der Waals surface area (Å²) in [7, 11) is 0. The molecule has 10 heteroatoms. The molecule has 1 amide bonds. The second kappa shape index (κ2) is 8.84. The van der Waals surface area contributed by atoms with Gasteiger partial charge in [-0.05, 0) is 36.4 Å². The van der Waals surface area contributed by atoms with Crippen LogP contribution in [0.25, 0.3) is 16.9 Å². The Morgan fingerprint density at radius 1 is 1.06 bits per heavy atom. The summed E-state index contributed by atoms with van der Waals surface area (Å²) in [6.07, 6.45) is -4.81. The van der Waals surface area contributed by atoms with Crippen LogP contribution in [0.3, 0.4) is 0 Å². The van der Waals surface area contributed by atoms with Gasteiger partial charge in [-0.25, -0.2) is 4.68 Å². The van der Waals surface area contributed by atoms with E-state index in [4.69, 9.17) is 11.6 Å². The van der Waals surface area contributed by atoms with Crippen LogP contribution in [0.4, 0.5) is 13.2 Å². The average molecular weight is 468 g/mol. The molecule has 0 radical (unpaired) electrons. The maximum Gasteiger partial charge on any atom is 0.573 e. The summed E-state index contributed by atoms with van der Waals surface area (Å²) in [5, 5.41) is 4.94. The maximum absolute atomic E-state index is 13.0. The molecule has 1 aliphatic heterocycles. The van der Waals surface area contributed by atoms with Gasteiger partial charge >= 0.3 is 6.36 Å². The van der Waals surface area contributed by atoms with Crippen LogP contribution < -0.4 is 4.74 Å². The fourth-order valence-corrected chi connectivity index (χ4v) is 4.36. The quantitative estimate of drug-likeness (QED) is 0.523. The van der Waals surface area contributed by atoms with Crippen molar-refractivity contribution in [3.63, 3.8) is 0 Å². The zero-order valence-electron chi connectivity index (χ0n) is 16.1. The molecule has 0 aliphatic carbocycles. The molecule has 0 saturated carbocycles. The van der Waals surface area contributed by atoms with Crippen molar-refractivity contribution in [2.24, 2.45) is 0 Å². The van der Waals surface area contributed by atoms with E-state index in [1.807, 2.05) is 0 Å². The van der Waals surface area contributed by atoms with Crippen molar-refractivity contribution in [1.29, 1.82) is 0 Å². The number of amides is 1. The number of ether oxygens (including phenoxy) is 1. The third kappa shape index (κ3) is 5.16. The number of halogens is 4. The molecular formula is C21H17ClF3N3O2S. The highest BCUT2D eigenvalue weighted by Gasteiger charge is 2.31. The summed E-state index contributed by atoms with van der Waals surface area (Å²) in [6, 6.07) is 14.0. The second-order valence-corrected chi connectivity index (χ2v) is 8.45. The molecule has 2 heterocycles. The van der Waals surface area contributed by atoms with E-state index in [-0.39, 0.29) is 17.4 Å². The van der Waals surface area contributed by atoms with E-state index in [2.05, 4.69) is 9.84 Å². The molecule has 5 nitrogen and oxygen atoms in total. The van der Waals surface area contributed by atoms with E-state index < -0.39 is 6.36 Å². The van der Waals surface area contributed by atoms with Crippen molar-refractivity contribution in [1.82, 2.24) is 14.7 Å². The van der Waals surface area contributed by atoms with Gasteiger partial charge in [0, 0.05) is 35.2 Å². The van der Waals surface area contributed by atoms with Crippen molar-refractivity contribution in [3.05, 3.63) is 65.3 Å². The Morgan fingerprint density at radius 2 is 1.81 bits per heavy atom. The Labute approximate surface area is 185 Å². The number of thioether (sulfide) groups is 1. The van der Waals surface area contributed by atoms with Crippen molar-refractivity contribution in [2.45, 2.75) is 6.36 Å². The van der Waals surface area contributed by atoms with Crippen molar-refractivity contribution in [2.75, 3.05) is 24.6 Å². The lowest BCUT2D eigenvalue weighted by Crippen LogP contribution is -2.38. The van der Waals surface area contributed by atoms with Crippen LogP contribution in [-0.2, 0) is 0 Å². The third-order valence-corrected chi connectivity index (χ3v) is 5.82. The minimum Gasteiger partial charge on any atom is -0.406 e. The first kappa shape index (κ1) is 21.6. The van der Waals surface area contributed by atoms with Crippen molar-refractivity contribution < 1.29 is 22.7 Å². The van der Waals surface area contributed by atoms with Crippen LogP contribution in [0.15, 0.2) is 54.6 Å². The molecule has 1 saturated heterocycles. The Bertz CT molecular complexity index is 1100. The Hall–Kier alpha value is -2.65. The highest BCUT2D eigenvalue weighted by Crippen LogP contribution is 2.31. The largest absolute Gasteiger partial charge is 0.573 e. The topological polar surface area (TPSA) is 47.4 Å². The summed E-state index contributed by atoms with van der Waals surface area (Å²) in [4.78, 5) is 14.7. The SMILES string of the molecule is O=C(c1cc(-c2cccc(OC(F)(F)F)c2)n(-c2cccc(Cl)c2)n1)N1CCSCC1. The Kier molecular flexibility index (Phi) is 6.15. The number of alkyl halides is 3. The number of hydrogen-bond acceptors (Lipinski definition) is 4. The van der Waals surface area contributed by atoms with Gasteiger partial charge in [0.1, 0.15) is 5.75 Å². The molecule has 3 aromatic rings. The van der Waals surface area contributed by atoms with E-state index in [0.717, 1.165) is 11.5 Å². The predicted octanol–water partition coefficient (Wildman–Crippen LogP) is 5.28. The van der Waals surface area contributed by atoms with Gasteiger partial charge < -0.3 is 9.64 Å². The maximum atomic E-state index is 13.0. The lowest BCUT2D eigenvalue weighted by atomic mass is 10.1. The van der Waals surface area contributed by atoms with Gasteiger partial charge in [0.2, 0.25) is 0 Å². The fraction of sp³-hybridized carbons (Fsp3) is 0.238. The molecule has 0 N–H and O–H groups in total. The monoisotopic (exact) mass is 467 g/mol. The molecule has 1 aromatic heterocycles. The van der Waals surface area contributed by atoms with Crippen LogP contribution in [0, 0.1) is 0 Å². The fourth-order valence-electron chi connectivity index (χ4n) is 3.28. The zero-order chi connectivity index (χ0) is 22.0. The first-order valence-corrected chi connectivity index (χ1v) is 10.9. The highest BCUT2D eigenvalue weighted by molar-refractivity contribution is 7.99. The molecule has 0 unspecified atom stereocenters. The first-order valence-electron chi connectivity index (χ1n) is 9.39. The Balaban J connectivity index is 1.78. The molecule has 162 valence electrons. The second-order valence-electron chi connectivity index (χ2n) is 6.79. The summed E-state index contributed by atoms with van der Waals surface area (Å²) in [5.41, 5.74) is 1.66. The van der Waals surface area contributed by atoms with E-state index in [9.17, 15) is 18.0 Å². The van der Waals surface area contributed by atoms with Gasteiger partial charge in [-0.2, -0.15) is 16.9 Å². The minimum absolute atomic E-state index is 0.212. The van der Waals surface area contributed by atoms with E-state index in [0.29, 0.717) is 35.1 Å². The molecule has 1 fully saturated rings. The predicted molar refractivity (Wildman–Crippen MR) is 114 cm³/mol. The smallest absolute Gasteiger partial charge is 0.406 e. The third-order valence-electron chi connectivity index (χ3n) is 4.64. The van der Waals surface area contributed by atoms with Gasteiger partial charge in [0.05, 0.1) is 11.4 Å². The van der Waals surface area contributed by atoms with Gasteiger partial charge in [0.15, 0.2) is 5.69 Å². The average Bonchev–Trinajstić information content (AvgIpc) is 3.18. The summed E-state index contributed by atoms with van der Waals surface area (Å²) in [5.74, 6) is 1.13. The number of benzene rings is 2. The molecule has 2 aromatic carbocycles. The number of aromatic nitrogens is 2. The molecule has 0 atom stereocenters. The van der Waals surface area contributed by atoms with Crippen LogP contribution in [0.2, 0.25) is 5.02 Å². The number of carbonyl (C=O) groups is 1. The van der Waals surface area contributed by atoms with Gasteiger partial charge in [0.25, 0.3) is 5.91 Å². The standard InChI is InChI=1S/C21H17ClF3N3O2S/c22-15-4-2-5-16(12-15)28-19(14-3-1-6-17(11-14)30-21(23,24)25)13-18(26-28)20(29)27-7-9-31-10-8-27/h1-6,11-13H,7-10H2. The van der Waals surface area contributed by atoms with Crippen LogP contribution in [0.1, 0.15) is 10.5 Å². The summed E-state index contributed by atoms with van der Waals surface area (Å²) < 4.78 is 43.6. The molecule has 0 spiro atoms. The van der Waals surface area contributed by atoms with Crippen LogP contribution in [0.5, 0.6) is 5.75 Å². The molecule has 1 aliphatic rings. The summed E-state index contributed by atoms with van der Waals surface area (Å²) in [6.45, 7) is 1.25. The van der Waals surface area contributed by atoms with E-state index in [1.54, 1.807) is 53.1 Å². The highest BCUT2D eigenvalue weighted by atomic mass is 35.5. The van der Waals surface area contributed by atoms with Crippen molar-refractivity contribution in [3.8, 4) is 22.7 Å². The number of hydrogen-bond donors (Lipinski definition) is 0. The summed E-state index contributed by atoms with van der Waals surface area (Å²) >= 11 is 7.90. The normalized spacial score (nSPS) is 14.5. The zero-order valence-corrected chi connectivity index (χ0v) is 17.7. The lowest BCUT2D eigenvalue weighted by molar-refractivity contribution is -0.274. The van der Waals surface area contributed by atoms with Gasteiger partial charge in [-0.1, -0.05) is 29.8 Å². The van der Waals surface area contributed by atoms with Crippen molar-refractivity contribution >= 4 is 29.3 Å². The number of carbonyl (C=O) groups excluding carboxylic acids is 1. The van der Waals surface area contributed by atoms with Gasteiger partial charge in [-0.15, -0.1) is 13.2 Å². The first-order chi connectivity index (χ1) is 14.8. The van der Waals surface area contributed by atoms with E-state index in [1.165, 1.54) is 22.9 Å². The number of rotatable bonds is 4. The lowest BCUT2D eigenvalue weighted by Gasteiger charge is -2.25. The molecular weight excluding hydrogens is 451 g/mol. The van der Waals surface area contributed by atoms with E-state index >= 15 is 0 Å².